The molecular formula is C17H24N2O. The molecule has 3 heteroatoms. The van der Waals surface area contributed by atoms with Crippen molar-refractivity contribution in [1.29, 1.82) is 0 Å². The van der Waals surface area contributed by atoms with Crippen molar-refractivity contribution < 1.29 is 4.74 Å². The maximum absolute atomic E-state index is 6.00. The highest BCUT2D eigenvalue weighted by molar-refractivity contribution is 5.45. The molecule has 0 aromatic carbocycles. The van der Waals surface area contributed by atoms with Crippen LogP contribution in [0.4, 0.5) is 5.69 Å². The van der Waals surface area contributed by atoms with E-state index in [0.717, 1.165) is 53.3 Å². The maximum Gasteiger partial charge on any atom is 0.213 e. The van der Waals surface area contributed by atoms with Crippen LogP contribution in [0.1, 0.15) is 37.7 Å². The van der Waals surface area contributed by atoms with E-state index in [2.05, 4.69) is 4.98 Å². The zero-order valence-electron chi connectivity index (χ0n) is 12.2. The van der Waals surface area contributed by atoms with Crippen LogP contribution in [-0.4, -0.2) is 11.6 Å². The van der Waals surface area contributed by atoms with Crippen LogP contribution in [0.2, 0.25) is 0 Å². The molecule has 3 nitrogen and oxygen atoms in total. The number of ether oxygens (including phenoxy) is 1. The summed E-state index contributed by atoms with van der Waals surface area (Å²) < 4.78 is 6.00. The Labute approximate surface area is 120 Å². The van der Waals surface area contributed by atoms with Gasteiger partial charge in [0.05, 0.1) is 18.5 Å². The summed E-state index contributed by atoms with van der Waals surface area (Å²) in [5, 5.41) is 0. The Kier molecular flexibility index (Phi) is 2.90. The fraction of sp³-hybridized carbons (Fsp3) is 0.706. The van der Waals surface area contributed by atoms with Crippen molar-refractivity contribution in [3.63, 3.8) is 0 Å². The van der Waals surface area contributed by atoms with Crippen molar-refractivity contribution in [1.82, 2.24) is 4.98 Å². The molecule has 0 radical (unpaired) electrons. The van der Waals surface area contributed by atoms with Gasteiger partial charge in [-0.2, -0.15) is 0 Å². The van der Waals surface area contributed by atoms with Crippen LogP contribution in [0.25, 0.3) is 0 Å². The lowest BCUT2D eigenvalue weighted by atomic mass is 9.52. The number of hydrogen-bond acceptors (Lipinski definition) is 3. The van der Waals surface area contributed by atoms with E-state index in [9.17, 15) is 0 Å². The normalized spacial score (nSPS) is 38.1. The minimum absolute atomic E-state index is 0.741. The smallest absolute Gasteiger partial charge is 0.213 e. The number of hydrogen-bond donors (Lipinski definition) is 1. The van der Waals surface area contributed by atoms with E-state index in [1.54, 1.807) is 6.20 Å². The van der Waals surface area contributed by atoms with Gasteiger partial charge in [0, 0.05) is 6.07 Å². The lowest BCUT2D eigenvalue weighted by molar-refractivity contribution is -0.0534. The van der Waals surface area contributed by atoms with Crippen molar-refractivity contribution in [2.24, 2.45) is 29.6 Å². The summed E-state index contributed by atoms with van der Waals surface area (Å²) >= 11 is 0. The molecule has 0 unspecified atom stereocenters. The van der Waals surface area contributed by atoms with Crippen LogP contribution in [-0.2, 0) is 0 Å². The largest absolute Gasteiger partial charge is 0.477 e. The fourth-order valence-corrected chi connectivity index (χ4v) is 5.11. The van der Waals surface area contributed by atoms with Gasteiger partial charge < -0.3 is 10.5 Å². The minimum Gasteiger partial charge on any atom is -0.477 e. The number of nitrogen functional groups attached to an aromatic ring is 1. The summed E-state index contributed by atoms with van der Waals surface area (Å²) in [5.74, 6) is 5.41. The number of aromatic nitrogens is 1. The Hall–Kier alpha value is -1.25. The van der Waals surface area contributed by atoms with Gasteiger partial charge in [-0.1, -0.05) is 0 Å². The summed E-state index contributed by atoms with van der Waals surface area (Å²) in [5.41, 5.74) is 7.60. The molecule has 1 heterocycles. The number of nitrogens with zero attached hydrogens (tertiary/aromatic N) is 1. The summed E-state index contributed by atoms with van der Waals surface area (Å²) in [4.78, 5) is 4.29. The SMILES string of the molecule is Cc1cc(OCC2C3CC4CC(C3)CC2C4)ncc1N. The molecule has 5 rings (SSSR count). The number of pyridine rings is 1. The van der Waals surface area contributed by atoms with Gasteiger partial charge in [-0.25, -0.2) is 4.98 Å². The first-order chi connectivity index (χ1) is 9.69. The van der Waals surface area contributed by atoms with E-state index in [0.29, 0.717) is 0 Å². The molecule has 1 aromatic heterocycles. The van der Waals surface area contributed by atoms with E-state index >= 15 is 0 Å². The second kappa shape index (κ2) is 4.64. The second-order valence-corrected chi connectivity index (χ2v) is 7.28. The third kappa shape index (κ3) is 2.07. The summed E-state index contributed by atoms with van der Waals surface area (Å²) in [6, 6.07) is 1.96. The zero-order chi connectivity index (χ0) is 13.7. The molecule has 0 atom stereocenters. The Balaban J connectivity index is 1.43. The summed E-state index contributed by atoms with van der Waals surface area (Å²) in [6.07, 6.45) is 9.04. The molecule has 0 aliphatic heterocycles. The van der Waals surface area contributed by atoms with Gasteiger partial charge >= 0.3 is 0 Å². The highest BCUT2D eigenvalue weighted by Crippen LogP contribution is 2.56. The average molecular weight is 272 g/mol. The number of rotatable bonds is 3. The van der Waals surface area contributed by atoms with E-state index in [1.807, 2.05) is 13.0 Å². The van der Waals surface area contributed by atoms with E-state index in [1.165, 1.54) is 32.1 Å². The van der Waals surface area contributed by atoms with Crippen LogP contribution < -0.4 is 10.5 Å². The fourth-order valence-electron chi connectivity index (χ4n) is 5.11. The van der Waals surface area contributed by atoms with Crippen molar-refractivity contribution in [3.05, 3.63) is 17.8 Å². The average Bonchev–Trinajstić information content (AvgIpc) is 2.41. The standard InChI is InChI=1S/C17H24N2O/c1-10-2-17(19-8-16(10)18)20-9-15-13-4-11-3-12(6-13)7-14(15)5-11/h2,8,11-15H,3-7,9,18H2,1H3. The first kappa shape index (κ1) is 12.5. The molecule has 108 valence electrons. The lowest BCUT2D eigenvalue weighted by Gasteiger charge is -2.54. The Morgan fingerprint density at radius 2 is 1.80 bits per heavy atom. The molecule has 0 amide bonds. The van der Waals surface area contributed by atoms with Gasteiger partial charge in [0.15, 0.2) is 0 Å². The zero-order valence-corrected chi connectivity index (χ0v) is 12.2. The van der Waals surface area contributed by atoms with Crippen LogP contribution >= 0.6 is 0 Å². The van der Waals surface area contributed by atoms with Crippen molar-refractivity contribution in [2.75, 3.05) is 12.3 Å². The van der Waals surface area contributed by atoms with E-state index < -0.39 is 0 Å². The van der Waals surface area contributed by atoms with Crippen LogP contribution in [0.15, 0.2) is 12.3 Å². The monoisotopic (exact) mass is 272 g/mol. The van der Waals surface area contributed by atoms with Crippen LogP contribution in [0.3, 0.4) is 0 Å². The molecule has 4 bridgehead atoms. The number of anilines is 1. The van der Waals surface area contributed by atoms with Crippen LogP contribution in [0, 0.1) is 36.5 Å². The molecule has 4 saturated carbocycles. The predicted octanol–water partition coefficient (Wildman–Crippen LogP) is 3.42. The second-order valence-electron chi connectivity index (χ2n) is 7.28. The van der Waals surface area contributed by atoms with Crippen molar-refractivity contribution in [2.45, 2.75) is 39.0 Å². The summed E-state index contributed by atoms with van der Waals surface area (Å²) in [6.45, 7) is 2.86. The minimum atomic E-state index is 0.741. The highest BCUT2D eigenvalue weighted by atomic mass is 16.5. The van der Waals surface area contributed by atoms with E-state index in [-0.39, 0.29) is 0 Å². The Morgan fingerprint density at radius 1 is 1.15 bits per heavy atom. The molecule has 0 spiro atoms. The molecule has 4 aliphatic rings. The van der Waals surface area contributed by atoms with Gasteiger partial charge in [-0.3, -0.25) is 0 Å². The first-order valence-electron chi connectivity index (χ1n) is 8.04. The van der Waals surface area contributed by atoms with E-state index in [4.69, 9.17) is 10.5 Å². The van der Waals surface area contributed by atoms with Crippen LogP contribution in [0.5, 0.6) is 5.88 Å². The molecule has 0 saturated heterocycles. The third-order valence-electron chi connectivity index (χ3n) is 5.97. The maximum atomic E-state index is 6.00. The van der Waals surface area contributed by atoms with Crippen molar-refractivity contribution in [3.8, 4) is 5.88 Å². The molecule has 20 heavy (non-hydrogen) atoms. The van der Waals surface area contributed by atoms with Gasteiger partial charge in [0.2, 0.25) is 5.88 Å². The van der Waals surface area contributed by atoms with Crippen molar-refractivity contribution >= 4 is 5.69 Å². The summed E-state index contributed by atoms with van der Waals surface area (Å²) in [7, 11) is 0. The molecule has 4 aliphatic carbocycles. The molecule has 1 aromatic rings. The Morgan fingerprint density at radius 3 is 2.40 bits per heavy atom. The first-order valence-corrected chi connectivity index (χ1v) is 8.04. The van der Waals surface area contributed by atoms with Gasteiger partial charge in [0.25, 0.3) is 0 Å². The van der Waals surface area contributed by atoms with Gasteiger partial charge in [-0.05, 0) is 74.2 Å². The number of nitrogens with two attached hydrogens (primary N) is 1. The lowest BCUT2D eigenvalue weighted by Crippen LogP contribution is -2.47. The predicted molar refractivity (Wildman–Crippen MR) is 79.4 cm³/mol. The van der Waals surface area contributed by atoms with Gasteiger partial charge in [0.1, 0.15) is 0 Å². The molecule has 2 N–H and O–H groups in total. The molecular weight excluding hydrogens is 248 g/mol. The quantitative estimate of drug-likeness (QED) is 0.917. The molecule has 4 fully saturated rings. The highest BCUT2D eigenvalue weighted by Gasteiger charge is 2.48. The van der Waals surface area contributed by atoms with Gasteiger partial charge in [-0.15, -0.1) is 0 Å². The number of aryl methyl sites for hydroxylation is 1. The third-order valence-corrected chi connectivity index (χ3v) is 5.97. The Bertz CT molecular complexity index is 486. The topological polar surface area (TPSA) is 48.1 Å².